The zero-order chi connectivity index (χ0) is 14.1. The molecule has 100 valence electrons. The molecule has 0 aliphatic carbocycles. The number of hydrogen-bond acceptors (Lipinski definition) is 3. The Kier molecular flexibility index (Phi) is 3.40. The van der Waals surface area contributed by atoms with Crippen LogP contribution in [-0.4, -0.2) is 17.0 Å². The van der Waals surface area contributed by atoms with Gasteiger partial charge in [0.2, 0.25) is 0 Å². The molecule has 3 aromatic rings. The van der Waals surface area contributed by atoms with Crippen LogP contribution in [0.1, 0.15) is 5.56 Å². The van der Waals surface area contributed by atoms with Crippen LogP contribution in [0.2, 0.25) is 0 Å². The van der Waals surface area contributed by atoms with Crippen molar-refractivity contribution in [3.63, 3.8) is 0 Å². The first-order valence-corrected chi connectivity index (χ1v) is 7.19. The monoisotopic (exact) mass is 327 g/mol. The lowest BCUT2D eigenvalue weighted by atomic mass is 10.1. The number of benzene rings is 2. The van der Waals surface area contributed by atoms with E-state index in [1.54, 1.807) is 0 Å². The third kappa shape index (κ3) is 2.27. The number of hydrogen-bond donors (Lipinski definition) is 1. The Labute approximate surface area is 126 Å². The number of halogens is 1. The Morgan fingerprint density at radius 1 is 1.05 bits per heavy atom. The summed E-state index contributed by atoms with van der Waals surface area (Å²) in [6.07, 6.45) is 0. The summed E-state index contributed by atoms with van der Waals surface area (Å²) in [6.45, 7) is 2.07. The predicted molar refractivity (Wildman–Crippen MR) is 87.0 cm³/mol. The van der Waals surface area contributed by atoms with Crippen LogP contribution >= 0.6 is 15.9 Å². The highest BCUT2D eigenvalue weighted by atomic mass is 79.9. The van der Waals surface area contributed by atoms with E-state index in [-0.39, 0.29) is 0 Å². The average Bonchev–Trinajstić information content (AvgIpc) is 2.46. The SMILES string of the molecule is CNc1nc(-c2ccccc2C)nc2ccc(Br)cc12. The molecule has 1 heterocycles. The minimum atomic E-state index is 0.752. The molecule has 0 saturated heterocycles. The van der Waals surface area contributed by atoms with Crippen LogP contribution in [0, 0.1) is 6.92 Å². The summed E-state index contributed by atoms with van der Waals surface area (Å²) in [7, 11) is 1.88. The zero-order valence-electron chi connectivity index (χ0n) is 11.3. The summed E-state index contributed by atoms with van der Waals surface area (Å²) in [4.78, 5) is 9.33. The maximum absolute atomic E-state index is 4.68. The smallest absolute Gasteiger partial charge is 0.162 e. The van der Waals surface area contributed by atoms with Gasteiger partial charge in [0.05, 0.1) is 5.52 Å². The lowest BCUT2D eigenvalue weighted by Crippen LogP contribution is -1.99. The Bertz CT molecular complexity index is 784. The molecule has 4 heteroatoms. The summed E-state index contributed by atoms with van der Waals surface area (Å²) >= 11 is 3.49. The summed E-state index contributed by atoms with van der Waals surface area (Å²) in [5.74, 6) is 1.59. The van der Waals surface area contributed by atoms with Crippen LogP contribution in [-0.2, 0) is 0 Å². The van der Waals surface area contributed by atoms with Gasteiger partial charge in [-0.3, -0.25) is 0 Å². The topological polar surface area (TPSA) is 37.8 Å². The fourth-order valence-corrected chi connectivity index (χ4v) is 2.60. The maximum atomic E-state index is 4.68. The summed E-state index contributed by atoms with van der Waals surface area (Å²) in [5.41, 5.74) is 3.17. The van der Waals surface area contributed by atoms with Crippen molar-refractivity contribution < 1.29 is 0 Å². The van der Waals surface area contributed by atoms with Gasteiger partial charge in [0.15, 0.2) is 5.82 Å². The third-order valence-electron chi connectivity index (χ3n) is 3.28. The molecule has 3 nitrogen and oxygen atoms in total. The molecule has 1 aromatic heterocycles. The molecule has 3 rings (SSSR count). The Morgan fingerprint density at radius 3 is 2.60 bits per heavy atom. The van der Waals surface area contributed by atoms with E-state index in [1.165, 1.54) is 5.56 Å². The number of anilines is 1. The van der Waals surface area contributed by atoms with Crippen molar-refractivity contribution >= 4 is 32.7 Å². The first-order chi connectivity index (χ1) is 9.69. The van der Waals surface area contributed by atoms with Crippen molar-refractivity contribution in [2.24, 2.45) is 0 Å². The predicted octanol–water partition coefficient (Wildman–Crippen LogP) is 4.41. The van der Waals surface area contributed by atoms with E-state index in [1.807, 2.05) is 37.4 Å². The fraction of sp³-hybridized carbons (Fsp3) is 0.125. The van der Waals surface area contributed by atoms with Gasteiger partial charge in [-0.25, -0.2) is 9.97 Å². The Morgan fingerprint density at radius 2 is 1.85 bits per heavy atom. The second kappa shape index (κ2) is 5.21. The van der Waals surface area contributed by atoms with Gasteiger partial charge in [-0.05, 0) is 30.7 Å². The molecule has 20 heavy (non-hydrogen) atoms. The van der Waals surface area contributed by atoms with Crippen LogP contribution in [0.4, 0.5) is 5.82 Å². The van der Waals surface area contributed by atoms with Crippen molar-refractivity contribution in [2.45, 2.75) is 6.92 Å². The second-order valence-electron chi connectivity index (χ2n) is 4.62. The largest absolute Gasteiger partial charge is 0.373 e. The Balaban J connectivity index is 2.29. The van der Waals surface area contributed by atoms with Crippen molar-refractivity contribution in [1.82, 2.24) is 9.97 Å². The number of fused-ring (bicyclic) bond motifs is 1. The fourth-order valence-electron chi connectivity index (χ4n) is 2.24. The number of aromatic nitrogens is 2. The number of aryl methyl sites for hydroxylation is 1. The average molecular weight is 328 g/mol. The zero-order valence-corrected chi connectivity index (χ0v) is 12.9. The van der Waals surface area contributed by atoms with Gasteiger partial charge in [-0.1, -0.05) is 40.2 Å². The quantitative estimate of drug-likeness (QED) is 0.757. The lowest BCUT2D eigenvalue weighted by molar-refractivity contribution is 1.20. The van der Waals surface area contributed by atoms with Gasteiger partial charge in [0, 0.05) is 22.5 Å². The Hall–Kier alpha value is -1.94. The highest BCUT2D eigenvalue weighted by molar-refractivity contribution is 9.10. The molecular weight excluding hydrogens is 314 g/mol. The van der Waals surface area contributed by atoms with Gasteiger partial charge in [0.1, 0.15) is 5.82 Å². The molecule has 2 aromatic carbocycles. The highest BCUT2D eigenvalue weighted by Gasteiger charge is 2.10. The molecule has 0 spiro atoms. The normalized spacial score (nSPS) is 10.8. The number of nitrogens with one attached hydrogen (secondary N) is 1. The van der Waals surface area contributed by atoms with E-state index in [2.05, 4.69) is 50.3 Å². The van der Waals surface area contributed by atoms with Crippen LogP contribution in [0.5, 0.6) is 0 Å². The molecule has 1 N–H and O–H groups in total. The molecule has 0 aliphatic rings. The molecule has 0 saturated carbocycles. The molecular formula is C16H14BrN3. The maximum Gasteiger partial charge on any atom is 0.162 e. The van der Waals surface area contributed by atoms with Crippen LogP contribution in [0.3, 0.4) is 0 Å². The minimum absolute atomic E-state index is 0.752. The van der Waals surface area contributed by atoms with Crippen molar-refractivity contribution in [2.75, 3.05) is 12.4 Å². The van der Waals surface area contributed by atoms with E-state index in [0.717, 1.165) is 32.6 Å². The van der Waals surface area contributed by atoms with Gasteiger partial charge in [-0.15, -0.1) is 0 Å². The van der Waals surface area contributed by atoms with E-state index in [4.69, 9.17) is 0 Å². The van der Waals surface area contributed by atoms with E-state index < -0.39 is 0 Å². The summed E-state index contributed by atoms with van der Waals surface area (Å²) in [6, 6.07) is 14.2. The van der Waals surface area contributed by atoms with Gasteiger partial charge in [0.25, 0.3) is 0 Å². The highest BCUT2D eigenvalue weighted by Crippen LogP contribution is 2.28. The van der Waals surface area contributed by atoms with E-state index in [0.29, 0.717) is 0 Å². The molecule has 0 atom stereocenters. The molecule has 0 amide bonds. The number of nitrogens with zero attached hydrogens (tertiary/aromatic N) is 2. The van der Waals surface area contributed by atoms with Crippen molar-refractivity contribution in [3.05, 3.63) is 52.5 Å². The second-order valence-corrected chi connectivity index (χ2v) is 5.54. The number of rotatable bonds is 2. The van der Waals surface area contributed by atoms with Gasteiger partial charge >= 0.3 is 0 Å². The van der Waals surface area contributed by atoms with E-state index >= 15 is 0 Å². The minimum Gasteiger partial charge on any atom is -0.373 e. The van der Waals surface area contributed by atoms with Crippen LogP contribution in [0.25, 0.3) is 22.3 Å². The molecule has 0 fully saturated rings. The van der Waals surface area contributed by atoms with Gasteiger partial charge < -0.3 is 5.32 Å². The van der Waals surface area contributed by atoms with Crippen molar-refractivity contribution in [1.29, 1.82) is 0 Å². The van der Waals surface area contributed by atoms with Gasteiger partial charge in [-0.2, -0.15) is 0 Å². The molecule has 0 aliphatic heterocycles. The van der Waals surface area contributed by atoms with Crippen LogP contribution in [0.15, 0.2) is 46.9 Å². The lowest BCUT2D eigenvalue weighted by Gasteiger charge is -2.10. The summed E-state index contributed by atoms with van der Waals surface area (Å²) < 4.78 is 1.02. The molecule has 0 unspecified atom stereocenters. The summed E-state index contributed by atoms with van der Waals surface area (Å²) in [5, 5.41) is 4.17. The van der Waals surface area contributed by atoms with Crippen LogP contribution < -0.4 is 5.32 Å². The van der Waals surface area contributed by atoms with Crippen molar-refractivity contribution in [3.8, 4) is 11.4 Å². The standard InChI is InChI=1S/C16H14BrN3/c1-10-5-3-4-6-12(10)16-19-14-8-7-11(17)9-13(14)15(18-2)20-16/h3-9H,1-2H3,(H,18,19,20). The molecule has 0 radical (unpaired) electrons. The van der Waals surface area contributed by atoms with E-state index in [9.17, 15) is 0 Å². The third-order valence-corrected chi connectivity index (χ3v) is 3.77. The molecule has 0 bridgehead atoms. The first-order valence-electron chi connectivity index (χ1n) is 6.40. The first kappa shape index (κ1) is 13.1.